The molecule has 0 spiro atoms. The second-order valence-electron chi connectivity index (χ2n) is 6.92. The molecule has 0 aliphatic rings. The first kappa shape index (κ1) is 33.1. The molecule has 0 saturated heterocycles. The fourth-order valence-electron chi connectivity index (χ4n) is 1.94. The maximum Gasteiger partial charge on any atom is 0.0319 e. The van der Waals surface area contributed by atoms with E-state index in [0.29, 0.717) is 0 Å². The molecule has 0 bridgehead atoms. The average Bonchev–Trinajstić information content (AvgIpc) is 2.78. The molecule has 0 aliphatic heterocycles. The van der Waals surface area contributed by atoms with Crippen molar-refractivity contribution in [3.05, 3.63) is 95.6 Å². The van der Waals surface area contributed by atoms with Gasteiger partial charge >= 0.3 is 0 Å². The molecule has 1 heteroatoms. The summed E-state index contributed by atoms with van der Waals surface area (Å²) in [5.74, 6) is 5.85. The molecule has 2 aromatic carbocycles. The summed E-state index contributed by atoms with van der Waals surface area (Å²) < 4.78 is 0. The van der Waals surface area contributed by atoms with Crippen LogP contribution in [0.5, 0.6) is 0 Å². The van der Waals surface area contributed by atoms with E-state index in [0.717, 1.165) is 20.0 Å². The highest BCUT2D eigenvalue weighted by atomic mass is 16.2. The Morgan fingerprint density at radius 3 is 1.48 bits per heavy atom. The van der Waals surface area contributed by atoms with Crippen molar-refractivity contribution in [2.24, 2.45) is 0 Å². The fourth-order valence-corrected chi connectivity index (χ4v) is 1.94. The van der Waals surface area contributed by atoms with Crippen molar-refractivity contribution < 1.29 is 5.11 Å². The zero-order valence-corrected chi connectivity index (χ0v) is 21.3. The number of hydrogen-bond donors (Lipinski definition) is 1. The summed E-state index contributed by atoms with van der Waals surface area (Å²) in [6.45, 7) is 18.3. The number of unbranched alkanes of at least 4 members (excludes halogenated alkanes) is 2. The number of allylic oxidation sites excluding steroid dienone is 3. The minimum atomic E-state index is 1.00. The van der Waals surface area contributed by atoms with Gasteiger partial charge in [-0.3, -0.25) is 0 Å². The van der Waals surface area contributed by atoms with Crippen molar-refractivity contribution in [1.82, 2.24) is 0 Å². The molecule has 0 saturated carbocycles. The number of aliphatic hydroxyl groups is 1. The molecule has 1 nitrogen and oxygen atoms in total. The van der Waals surface area contributed by atoms with Gasteiger partial charge in [0.25, 0.3) is 0 Å². The van der Waals surface area contributed by atoms with E-state index in [1.807, 2.05) is 50.2 Å². The van der Waals surface area contributed by atoms with Crippen LogP contribution in [-0.2, 0) is 0 Å². The van der Waals surface area contributed by atoms with Gasteiger partial charge in [0.2, 0.25) is 0 Å². The van der Waals surface area contributed by atoms with Crippen LogP contribution in [0.25, 0.3) is 0 Å². The summed E-state index contributed by atoms with van der Waals surface area (Å²) in [6.07, 6.45) is 6.88. The van der Waals surface area contributed by atoms with Crippen LogP contribution in [0.4, 0.5) is 0 Å². The maximum atomic E-state index is 7.00. The highest BCUT2D eigenvalue weighted by molar-refractivity contribution is 5.23. The molecule has 0 atom stereocenters. The van der Waals surface area contributed by atoms with Gasteiger partial charge < -0.3 is 5.11 Å². The predicted molar refractivity (Wildman–Crippen MR) is 142 cm³/mol. The largest absolute Gasteiger partial charge is 0.400 e. The Morgan fingerprint density at radius 2 is 1.29 bits per heavy atom. The van der Waals surface area contributed by atoms with Crippen molar-refractivity contribution in [3.8, 4) is 11.8 Å². The summed E-state index contributed by atoms with van der Waals surface area (Å²) in [5.41, 5.74) is 5.13. The molecular weight excluding hydrogens is 376 g/mol. The lowest BCUT2D eigenvalue weighted by Crippen LogP contribution is -1.73. The molecule has 0 fully saturated rings. The van der Waals surface area contributed by atoms with Crippen LogP contribution in [0.15, 0.2) is 84.5 Å². The van der Waals surface area contributed by atoms with Crippen molar-refractivity contribution in [3.63, 3.8) is 0 Å². The van der Waals surface area contributed by atoms with Gasteiger partial charge in [-0.05, 0) is 47.5 Å². The Labute approximate surface area is 193 Å². The monoisotopic (exact) mass is 422 g/mol. The Hall–Kier alpha value is -2.56. The van der Waals surface area contributed by atoms with Crippen molar-refractivity contribution in [2.45, 2.75) is 74.1 Å². The third kappa shape index (κ3) is 29.7. The summed E-state index contributed by atoms with van der Waals surface area (Å²) in [4.78, 5) is 0. The summed E-state index contributed by atoms with van der Waals surface area (Å²) >= 11 is 0. The SMILES string of the molecule is C=C(C)/C(C)=C\CC.CC#CCCCC.CO.Cc1ccccc1.Cc1ccccc1. The van der Waals surface area contributed by atoms with Crippen LogP contribution >= 0.6 is 0 Å². The van der Waals surface area contributed by atoms with Gasteiger partial charge in [0.15, 0.2) is 0 Å². The summed E-state index contributed by atoms with van der Waals surface area (Å²) in [5, 5.41) is 7.00. The second-order valence-corrected chi connectivity index (χ2v) is 6.92. The predicted octanol–water partition coefficient (Wildman–Crippen LogP) is 8.72. The quantitative estimate of drug-likeness (QED) is 0.297. The molecule has 0 aromatic heterocycles. The van der Waals surface area contributed by atoms with E-state index >= 15 is 0 Å². The van der Waals surface area contributed by atoms with E-state index in [2.05, 4.69) is 83.4 Å². The molecule has 0 heterocycles. The Morgan fingerprint density at radius 1 is 0.871 bits per heavy atom. The Bertz CT molecular complexity index is 663. The van der Waals surface area contributed by atoms with Gasteiger partial charge in [0, 0.05) is 13.5 Å². The van der Waals surface area contributed by atoms with E-state index in [-0.39, 0.29) is 0 Å². The zero-order chi connectivity index (χ0) is 24.3. The molecule has 1 N–H and O–H groups in total. The van der Waals surface area contributed by atoms with Crippen molar-refractivity contribution >= 4 is 0 Å². The average molecular weight is 423 g/mol. The molecule has 2 aromatic rings. The third-order valence-electron chi connectivity index (χ3n) is 3.90. The van der Waals surface area contributed by atoms with Crippen LogP contribution in [0.1, 0.15) is 71.4 Å². The van der Waals surface area contributed by atoms with Crippen molar-refractivity contribution in [1.29, 1.82) is 0 Å². The molecule has 0 unspecified atom stereocenters. The van der Waals surface area contributed by atoms with Crippen LogP contribution in [0.2, 0.25) is 0 Å². The van der Waals surface area contributed by atoms with Crippen molar-refractivity contribution in [2.75, 3.05) is 7.11 Å². The molecule has 0 amide bonds. The first-order chi connectivity index (χ1) is 14.9. The van der Waals surface area contributed by atoms with Gasteiger partial charge in [0.1, 0.15) is 0 Å². The standard InChI is InChI=1S/C8H14.2C7H8.C7H12.CH4O/c1-5-6-8(4)7(2)3;2*1-7-5-3-2-4-6-7;1-3-5-7-6-4-2;1-2/h6H,2,5H2,1,3-4H3;2*2-6H,1H3;3,5,7H2,1-2H3;2H,1H3/b8-6-;;;;. The lowest BCUT2D eigenvalue weighted by atomic mass is 10.1. The number of aryl methyl sites for hydroxylation is 2. The molecule has 0 aliphatic carbocycles. The van der Waals surface area contributed by atoms with E-state index in [1.165, 1.54) is 35.1 Å². The first-order valence-corrected chi connectivity index (χ1v) is 11.1. The third-order valence-corrected chi connectivity index (χ3v) is 3.90. The normalized spacial score (nSPS) is 8.74. The van der Waals surface area contributed by atoms with Crippen LogP contribution in [0.3, 0.4) is 0 Å². The van der Waals surface area contributed by atoms with Gasteiger partial charge in [-0.25, -0.2) is 0 Å². The van der Waals surface area contributed by atoms with E-state index in [9.17, 15) is 0 Å². The molecule has 0 radical (unpaired) electrons. The van der Waals surface area contributed by atoms with Crippen LogP contribution in [-0.4, -0.2) is 12.2 Å². The number of rotatable bonds is 4. The first-order valence-electron chi connectivity index (χ1n) is 11.1. The lowest BCUT2D eigenvalue weighted by Gasteiger charge is -1.94. The van der Waals surface area contributed by atoms with Crippen LogP contribution in [0, 0.1) is 25.7 Å². The number of benzene rings is 2. The highest BCUT2D eigenvalue weighted by Gasteiger charge is 1.83. The number of hydrogen-bond acceptors (Lipinski definition) is 1. The topological polar surface area (TPSA) is 20.2 Å². The molecule has 31 heavy (non-hydrogen) atoms. The minimum Gasteiger partial charge on any atom is -0.400 e. The molecule has 2 rings (SSSR count). The molecular formula is C30H46O. The van der Waals surface area contributed by atoms with Gasteiger partial charge in [-0.15, -0.1) is 11.8 Å². The highest BCUT2D eigenvalue weighted by Crippen LogP contribution is 2.04. The summed E-state index contributed by atoms with van der Waals surface area (Å²) in [6, 6.07) is 20.5. The van der Waals surface area contributed by atoms with E-state index in [1.54, 1.807) is 0 Å². The number of aliphatic hydroxyl groups excluding tert-OH is 1. The minimum absolute atomic E-state index is 1.00. The van der Waals surface area contributed by atoms with Gasteiger partial charge in [-0.2, -0.15) is 0 Å². The Balaban J connectivity index is -0.000000328. The lowest BCUT2D eigenvalue weighted by molar-refractivity contribution is 0.399. The second kappa shape index (κ2) is 27.4. The smallest absolute Gasteiger partial charge is 0.0319 e. The molecule has 172 valence electrons. The zero-order valence-electron chi connectivity index (χ0n) is 21.3. The maximum absolute atomic E-state index is 7.00. The van der Waals surface area contributed by atoms with Crippen LogP contribution < -0.4 is 0 Å². The summed E-state index contributed by atoms with van der Waals surface area (Å²) in [7, 11) is 1.00. The Kier molecular flexibility index (Phi) is 29.3. The van der Waals surface area contributed by atoms with Gasteiger partial charge in [0.05, 0.1) is 0 Å². The fraction of sp³-hybridized carbons (Fsp3) is 0.400. The van der Waals surface area contributed by atoms with Gasteiger partial charge in [-0.1, -0.05) is 116 Å². The van der Waals surface area contributed by atoms with E-state index < -0.39 is 0 Å². The van der Waals surface area contributed by atoms with E-state index in [4.69, 9.17) is 5.11 Å².